The minimum Gasteiger partial charge on any atom is -0.490 e. The molecule has 16 heavy (non-hydrogen) atoms. The first-order valence-electron chi connectivity index (χ1n) is 4.32. The highest BCUT2D eigenvalue weighted by atomic mass is 16.6. The van der Waals surface area contributed by atoms with Gasteiger partial charge in [0.25, 0.3) is 0 Å². The standard InChI is InChI=1S/C9H10N2O5/c1-16-8-4-6(5-10-9(12)13)2-3-7(8)11(14)15/h2-4,10H,5H2,1H3,(H,12,13). The monoisotopic (exact) mass is 226 g/mol. The van der Waals surface area contributed by atoms with Gasteiger partial charge in [0, 0.05) is 12.6 Å². The molecule has 0 spiro atoms. The Morgan fingerprint density at radius 2 is 2.31 bits per heavy atom. The molecule has 1 rings (SSSR count). The number of benzene rings is 1. The highest BCUT2D eigenvalue weighted by Gasteiger charge is 2.14. The molecule has 1 aromatic carbocycles. The van der Waals surface area contributed by atoms with Gasteiger partial charge in [0.15, 0.2) is 5.75 Å². The van der Waals surface area contributed by atoms with E-state index in [1.807, 2.05) is 0 Å². The lowest BCUT2D eigenvalue weighted by atomic mass is 10.2. The summed E-state index contributed by atoms with van der Waals surface area (Å²) in [6, 6.07) is 4.17. The summed E-state index contributed by atoms with van der Waals surface area (Å²) in [6.45, 7) is 0.0731. The summed E-state index contributed by atoms with van der Waals surface area (Å²) < 4.78 is 4.84. The van der Waals surface area contributed by atoms with Gasteiger partial charge >= 0.3 is 11.8 Å². The van der Waals surface area contributed by atoms with Crippen molar-refractivity contribution in [1.82, 2.24) is 5.32 Å². The maximum atomic E-state index is 10.6. The van der Waals surface area contributed by atoms with Crippen LogP contribution in [0.25, 0.3) is 0 Å². The molecule has 0 unspecified atom stereocenters. The molecule has 0 aliphatic rings. The third kappa shape index (κ3) is 2.84. The number of nitrogens with one attached hydrogen (secondary N) is 1. The number of carboxylic acid groups (broad SMARTS) is 1. The van der Waals surface area contributed by atoms with Gasteiger partial charge in [0.1, 0.15) is 0 Å². The second-order valence-electron chi connectivity index (χ2n) is 2.92. The number of methoxy groups -OCH3 is 1. The lowest BCUT2D eigenvalue weighted by Gasteiger charge is -2.05. The van der Waals surface area contributed by atoms with Gasteiger partial charge in [-0.1, -0.05) is 6.07 Å². The van der Waals surface area contributed by atoms with E-state index < -0.39 is 11.0 Å². The van der Waals surface area contributed by atoms with E-state index in [1.54, 1.807) is 0 Å². The van der Waals surface area contributed by atoms with Gasteiger partial charge in [-0.2, -0.15) is 0 Å². The third-order valence-corrected chi connectivity index (χ3v) is 1.88. The molecule has 86 valence electrons. The Labute approximate surface area is 90.8 Å². The van der Waals surface area contributed by atoms with Crippen molar-refractivity contribution in [3.63, 3.8) is 0 Å². The Balaban J connectivity index is 2.90. The fraction of sp³-hybridized carbons (Fsp3) is 0.222. The number of nitrogens with zero attached hydrogens (tertiary/aromatic N) is 1. The van der Waals surface area contributed by atoms with E-state index in [2.05, 4.69) is 5.32 Å². The number of carbonyl (C=O) groups is 1. The van der Waals surface area contributed by atoms with Crippen molar-refractivity contribution in [3.05, 3.63) is 33.9 Å². The molecular weight excluding hydrogens is 216 g/mol. The lowest BCUT2D eigenvalue weighted by molar-refractivity contribution is -0.385. The molecule has 0 bridgehead atoms. The Morgan fingerprint density at radius 3 is 2.81 bits per heavy atom. The molecule has 0 radical (unpaired) electrons. The number of nitro benzene ring substituents is 1. The number of rotatable bonds is 4. The predicted octanol–water partition coefficient (Wildman–Crippen LogP) is 1.37. The van der Waals surface area contributed by atoms with Crippen LogP contribution in [0.2, 0.25) is 0 Å². The van der Waals surface area contributed by atoms with E-state index in [-0.39, 0.29) is 18.0 Å². The van der Waals surface area contributed by atoms with Crippen molar-refractivity contribution >= 4 is 11.8 Å². The fourth-order valence-corrected chi connectivity index (χ4v) is 1.16. The second kappa shape index (κ2) is 4.96. The Morgan fingerprint density at radius 1 is 1.62 bits per heavy atom. The summed E-state index contributed by atoms with van der Waals surface area (Å²) >= 11 is 0. The molecule has 0 atom stereocenters. The van der Waals surface area contributed by atoms with Crippen LogP contribution in [0.5, 0.6) is 5.75 Å². The summed E-state index contributed by atoms with van der Waals surface area (Å²) in [4.78, 5) is 20.3. The maximum absolute atomic E-state index is 10.6. The van der Waals surface area contributed by atoms with Gasteiger partial charge in [-0.15, -0.1) is 0 Å². The zero-order valence-electron chi connectivity index (χ0n) is 8.47. The van der Waals surface area contributed by atoms with Crippen molar-refractivity contribution in [1.29, 1.82) is 0 Å². The normalized spacial score (nSPS) is 9.56. The number of ether oxygens (including phenoxy) is 1. The van der Waals surface area contributed by atoms with E-state index in [1.165, 1.54) is 25.3 Å². The predicted molar refractivity (Wildman–Crippen MR) is 54.5 cm³/mol. The van der Waals surface area contributed by atoms with Crippen molar-refractivity contribution in [3.8, 4) is 5.75 Å². The largest absolute Gasteiger partial charge is 0.490 e. The summed E-state index contributed by atoms with van der Waals surface area (Å²) in [5.74, 6) is 0.106. The van der Waals surface area contributed by atoms with Crippen molar-refractivity contribution < 1.29 is 19.6 Å². The van der Waals surface area contributed by atoms with Crippen LogP contribution in [0.1, 0.15) is 5.56 Å². The number of amides is 1. The minimum absolute atomic E-state index is 0.0731. The Hall–Kier alpha value is -2.31. The molecule has 7 heteroatoms. The molecule has 2 N–H and O–H groups in total. The van der Waals surface area contributed by atoms with Crippen LogP contribution in [0, 0.1) is 10.1 Å². The van der Waals surface area contributed by atoms with Gasteiger partial charge < -0.3 is 15.2 Å². The molecule has 0 heterocycles. The van der Waals surface area contributed by atoms with Crippen LogP contribution in [0.15, 0.2) is 18.2 Å². The topological polar surface area (TPSA) is 102 Å². The van der Waals surface area contributed by atoms with E-state index in [0.29, 0.717) is 5.56 Å². The average molecular weight is 226 g/mol. The summed E-state index contributed by atoms with van der Waals surface area (Å²) in [5.41, 5.74) is 0.437. The van der Waals surface area contributed by atoms with Crippen LogP contribution in [-0.4, -0.2) is 23.2 Å². The molecule has 1 aromatic rings. The van der Waals surface area contributed by atoms with Gasteiger partial charge in [0.2, 0.25) is 0 Å². The SMILES string of the molecule is COc1cc(CNC(=O)O)ccc1[N+](=O)[O-]. The summed E-state index contributed by atoms with van der Waals surface area (Å²) in [7, 11) is 1.32. The van der Waals surface area contributed by atoms with Gasteiger partial charge in [-0.05, 0) is 11.6 Å². The van der Waals surface area contributed by atoms with Crippen molar-refractivity contribution in [2.45, 2.75) is 6.54 Å². The van der Waals surface area contributed by atoms with Crippen LogP contribution in [0.3, 0.4) is 0 Å². The molecule has 0 saturated carbocycles. The molecule has 1 amide bonds. The third-order valence-electron chi connectivity index (χ3n) is 1.88. The zero-order chi connectivity index (χ0) is 12.1. The van der Waals surface area contributed by atoms with Crippen LogP contribution in [-0.2, 0) is 6.54 Å². The molecular formula is C9H10N2O5. The fourth-order valence-electron chi connectivity index (χ4n) is 1.16. The molecule has 7 nitrogen and oxygen atoms in total. The smallest absolute Gasteiger partial charge is 0.404 e. The Bertz CT molecular complexity index is 418. The molecule has 0 aromatic heterocycles. The van der Waals surface area contributed by atoms with E-state index in [9.17, 15) is 14.9 Å². The first-order chi connectivity index (χ1) is 7.54. The molecule has 0 saturated heterocycles. The van der Waals surface area contributed by atoms with Crippen LogP contribution in [0.4, 0.5) is 10.5 Å². The number of hydrogen-bond donors (Lipinski definition) is 2. The number of hydrogen-bond acceptors (Lipinski definition) is 4. The first-order valence-corrected chi connectivity index (χ1v) is 4.32. The van der Waals surface area contributed by atoms with Crippen LogP contribution < -0.4 is 10.1 Å². The van der Waals surface area contributed by atoms with Crippen molar-refractivity contribution in [2.24, 2.45) is 0 Å². The summed E-state index contributed by atoms with van der Waals surface area (Å²) in [5, 5.41) is 21.1. The quantitative estimate of drug-likeness (QED) is 0.596. The highest BCUT2D eigenvalue weighted by molar-refractivity contribution is 5.64. The van der Waals surface area contributed by atoms with Gasteiger partial charge in [-0.3, -0.25) is 10.1 Å². The van der Waals surface area contributed by atoms with E-state index >= 15 is 0 Å². The first kappa shape index (κ1) is 11.8. The van der Waals surface area contributed by atoms with Gasteiger partial charge in [0.05, 0.1) is 12.0 Å². The van der Waals surface area contributed by atoms with Crippen LogP contribution >= 0.6 is 0 Å². The molecule has 0 fully saturated rings. The average Bonchev–Trinajstić information content (AvgIpc) is 2.25. The molecule has 0 aliphatic heterocycles. The summed E-state index contributed by atoms with van der Waals surface area (Å²) in [6.07, 6.45) is -1.16. The second-order valence-corrected chi connectivity index (χ2v) is 2.92. The van der Waals surface area contributed by atoms with E-state index in [4.69, 9.17) is 9.84 Å². The van der Waals surface area contributed by atoms with E-state index in [0.717, 1.165) is 0 Å². The van der Waals surface area contributed by atoms with Gasteiger partial charge in [-0.25, -0.2) is 4.79 Å². The maximum Gasteiger partial charge on any atom is 0.404 e. The highest BCUT2D eigenvalue weighted by Crippen LogP contribution is 2.27. The minimum atomic E-state index is -1.16. The Kier molecular flexibility index (Phi) is 3.65. The molecule has 0 aliphatic carbocycles. The van der Waals surface area contributed by atoms with Crippen molar-refractivity contribution in [2.75, 3.05) is 7.11 Å². The zero-order valence-corrected chi connectivity index (χ0v) is 8.47. The lowest BCUT2D eigenvalue weighted by Crippen LogP contribution is -2.19. The number of nitro groups is 1.